The number of anilines is 1. The van der Waals surface area contributed by atoms with Crippen molar-refractivity contribution >= 4 is 51.9 Å². The first-order valence-electron chi connectivity index (χ1n) is 12.0. The number of quaternary nitrogens is 1. The summed E-state index contributed by atoms with van der Waals surface area (Å²) in [5.74, 6) is -2.64. The molecule has 1 aromatic rings. The van der Waals surface area contributed by atoms with Crippen LogP contribution >= 0.6 is 23.3 Å². The number of fused-ring (bicyclic) bond motifs is 2. The van der Waals surface area contributed by atoms with Crippen LogP contribution in [0.15, 0.2) is 28.6 Å². The highest BCUT2D eigenvalue weighted by Crippen LogP contribution is 2.40. The van der Waals surface area contributed by atoms with Gasteiger partial charge in [-0.3, -0.25) is 14.5 Å². The van der Waals surface area contributed by atoms with Crippen molar-refractivity contribution in [1.29, 1.82) is 5.26 Å². The topological polar surface area (TPSA) is 190 Å². The summed E-state index contributed by atoms with van der Waals surface area (Å²) in [4.78, 5) is 47.9. The molecule has 0 aromatic carbocycles. The van der Waals surface area contributed by atoms with Gasteiger partial charge < -0.3 is 25.8 Å². The lowest BCUT2D eigenvalue weighted by Gasteiger charge is -2.50. The third-order valence-corrected chi connectivity index (χ3v) is 8.82. The molecule has 0 spiro atoms. The number of hydrogen-bond acceptors (Lipinski definition) is 13. The van der Waals surface area contributed by atoms with Gasteiger partial charge in [-0.25, -0.2) is 4.59 Å². The molecule has 2 amide bonds. The third kappa shape index (κ3) is 4.73. The number of β-lactam (4-membered cyclic amide) rings is 1. The number of nitrogens with two attached hydrogens (primary N) is 1. The molecule has 16 heteroatoms. The molecule has 200 valence electrons. The van der Waals surface area contributed by atoms with Crippen LogP contribution in [0.4, 0.5) is 5.13 Å². The van der Waals surface area contributed by atoms with Crippen LogP contribution < -0.4 is 16.2 Å². The fourth-order valence-corrected chi connectivity index (χ4v) is 7.08. The predicted molar refractivity (Wildman–Crippen MR) is 134 cm³/mol. The lowest BCUT2D eigenvalue weighted by atomic mass is 10.0. The number of allylic oxidation sites excluding steroid dienone is 1. The monoisotopic (exact) mass is 559 g/mol. The summed E-state index contributed by atoms with van der Waals surface area (Å²) < 4.78 is 4.84. The van der Waals surface area contributed by atoms with Crippen molar-refractivity contribution in [3.05, 3.63) is 29.2 Å². The number of nitrogens with one attached hydrogen (secondary N) is 1. The Morgan fingerprint density at radius 1 is 1.37 bits per heavy atom. The number of carboxylic acid groups (broad SMARTS) is 1. The number of nitrogens with zero attached hydrogens (tertiary/aromatic N) is 7. The van der Waals surface area contributed by atoms with Gasteiger partial charge in [0.2, 0.25) is 18.1 Å². The van der Waals surface area contributed by atoms with Crippen LogP contribution in [-0.2, 0) is 19.2 Å². The lowest BCUT2D eigenvalue weighted by Crippen LogP contribution is -2.71. The minimum atomic E-state index is -1.45. The molecule has 3 fully saturated rings. The van der Waals surface area contributed by atoms with Gasteiger partial charge in [-0.15, -0.1) is 11.8 Å². The molecular formula is C22H25N9O5S2. The van der Waals surface area contributed by atoms with E-state index in [9.17, 15) is 19.5 Å². The van der Waals surface area contributed by atoms with Crippen LogP contribution in [0.3, 0.4) is 0 Å². The minimum Gasteiger partial charge on any atom is -0.543 e. The summed E-state index contributed by atoms with van der Waals surface area (Å²) in [5, 5.41) is 28.9. The largest absolute Gasteiger partial charge is 0.543 e. The number of carboxylic acids is 1. The number of carbonyl (C=O) groups is 3. The van der Waals surface area contributed by atoms with Gasteiger partial charge in [0.05, 0.1) is 37.8 Å². The SMILES string of the molecule is N#CCO/N=C(\C(=O)N[C@@H]1C(=O)N2C(C(=O)[O-])=C(/C=C/C[N+]34CCCN3CCC4)CS[C@H]12)c1nsc(N)n1. The number of oxime groups is 1. The number of aromatic nitrogens is 2. The molecule has 0 bridgehead atoms. The van der Waals surface area contributed by atoms with Crippen LogP contribution in [0.1, 0.15) is 18.7 Å². The fourth-order valence-electron chi connectivity index (χ4n) is 5.33. The Morgan fingerprint density at radius 3 is 2.79 bits per heavy atom. The second-order valence-corrected chi connectivity index (χ2v) is 11.0. The first-order chi connectivity index (χ1) is 18.3. The van der Waals surface area contributed by atoms with Crippen LogP contribution in [0.5, 0.6) is 0 Å². The summed E-state index contributed by atoms with van der Waals surface area (Å²) in [6.45, 7) is 4.67. The van der Waals surface area contributed by atoms with E-state index >= 15 is 0 Å². The highest BCUT2D eigenvalue weighted by atomic mass is 32.2. The van der Waals surface area contributed by atoms with Gasteiger partial charge in [0.25, 0.3) is 11.8 Å². The number of hydrogen-bond donors (Lipinski definition) is 2. The number of amides is 2. The van der Waals surface area contributed by atoms with E-state index in [1.165, 1.54) is 11.8 Å². The molecule has 2 atom stereocenters. The predicted octanol–water partition coefficient (Wildman–Crippen LogP) is -1.83. The molecular weight excluding hydrogens is 534 g/mol. The molecule has 4 aliphatic heterocycles. The van der Waals surface area contributed by atoms with Gasteiger partial charge in [-0.2, -0.15) is 19.6 Å². The van der Waals surface area contributed by atoms with E-state index in [0.29, 0.717) is 11.3 Å². The maximum Gasteiger partial charge on any atom is 0.278 e. The quantitative estimate of drug-likeness (QED) is 0.114. The zero-order chi connectivity index (χ0) is 26.9. The standard InChI is InChI=1S/C22H25N9O5S2/c23-5-11-36-27-14(17-26-22(24)38-28-17)18(32)25-15-19(33)30-16(21(34)35)13(12-37-20(15)30)4-1-8-31-9-2-6-29(31)7-3-10-31/h1,4,15,20H,2-3,6-12H2,(H3-,24,25,26,28,32,34,35)/b4-1+,27-14-/t15-,20-/m1/s1. The van der Waals surface area contributed by atoms with E-state index in [1.54, 1.807) is 12.1 Å². The van der Waals surface area contributed by atoms with Crippen molar-refractivity contribution in [2.75, 3.05) is 50.8 Å². The number of nitriles is 1. The van der Waals surface area contributed by atoms with Crippen LogP contribution in [-0.4, -0.2) is 104 Å². The maximum absolute atomic E-state index is 13.0. The molecule has 5 heterocycles. The average molecular weight is 560 g/mol. The van der Waals surface area contributed by atoms with Crippen LogP contribution in [0.25, 0.3) is 0 Å². The van der Waals surface area contributed by atoms with Crippen LogP contribution in [0.2, 0.25) is 0 Å². The van der Waals surface area contributed by atoms with Gasteiger partial charge in [0.15, 0.2) is 5.13 Å². The Bertz CT molecular complexity index is 1280. The minimum absolute atomic E-state index is 0.0887. The normalized spacial score (nSPS) is 24.7. The fraction of sp³-hybridized carbons (Fsp3) is 0.500. The number of carbonyl (C=O) groups excluding carboxylic acids is 3. The Labute approximate surface area is 226 Å². The molecule has 14 nitrogen and oxygen atoms in total. The van der Waals surface area contributed by atoms with Crippen molar-refractivity contribution in [2.24, 2.45) is 5.16 Å². The molecule has 1 aromatic heterocycles. The Balaban J connectivity index is 1.30. The van der Waals surface area contributed by atoms with E-state index in [2.05, 4.69) is 24.8 Å². The molecule has 5 rings (SSSR count). The van der Waals surface area contributed by atoms with E-state index in [1.807, 2.05) is 6.08 Å². The molecule has 3 N–H and O–H groups in total. The zero-order valence-electron chi connectivity index (χ0n) is 20.2. The second kappa shape index (κ2) is 10.7. The van der Waals surface area contributed by atoms with Gasteiger partial charge >= 0.3 is 0 Å². The van der Waals surface area contributed by atoms with Crippen LogP contribution in [0, 0.1) is 11.3 Å². The van der Waals surface area contributed by atoms with E-state index < -0.39 is 35.8 Å². The third-order valence-electron chi connectivity index (χ3n) is 6.98. The van der Waals surface area contributed by atoms with Crippen molar-refractivity contribution < 1.29 is 28.9 Å². The molecule has 3 saturated heterocycles. The lowest BCUT2D eigenvalue weighted by molar-refractivity contribution is -1.00. The average Bonchev–Trinajstić information content (AvgIpc) is 3.60. The first-order valence-corrected chi connectivity index (χ1v) is 13.8. The second-order valence-electron chi connectivity index (χ2n) is 9.14. The summed E-state index contributed by atoms with van der Waals surface area (Å²) in [5.41, 5.74) is 5.56. The number of aliphatic carboxylic acids is 1. The Morgan fingerprint density at radius 2 is 2.13 bits per heavy atom. The summed E-state index contributed by atoms with van der Waals surface area (Å²) in [7, 11) is 0. The summed E-state index contributed by atoms with van der Waals surface area (Å²) >= 11 is 2.18. The molecule has 0 saturated carbocycles. The smallest absolute Gasteiger partial charge is 0.278 e. The molecule has 0 radical (unpaired) electrons. The Hall–Kier alpha value is -3.52. The zero-order valence-corrected chi connectivity index (χ0v) is 21.9. The van der Waals surface area contributed by atoms with E-state index in [-0.39, 0.29) is 22.4 Å². The summed E-state index contributed by atoms with van der Waals surface area (Å²) in [6, 6.07) is 0.714. The number of nitrogen functional groups attached to an aromatic ring is 1. The molecule has 0 aliphatic carbocycles. The van der Waals surface area contributed by atoms with Gasteiger partial charge in [-0.05, 0) is 11.6 Å². The van der Waals surface area contributed by atoms with E-state index in [0.717, 1.165) is 66.6 Å². The maximum atomic E-state index is 13.0. The molecule has 0 unspecified atom stereocenters. The highest BCUT2D eigenvalue weighted by Gasteiger charge is 2.53. The molecule has 38 heavy (non-hydrogen) atoms. The van der Waals surface area contributed by atoms with E-state index in [4.69, 9.17) is 15.8 Å². The van der Waals surface area contributed by atoms with Crippen molar-refractivity contribution in [3.63, 3.8) is 0 Å². The van der Waals surface area contributed by atoms with Crippen molar-refractivity contribution in [3.8, 4) is 6.07 Å². The number of rotatable bonds is 9. The molecule has 4 aliphatic rings. The highest BCUT2D eigenvalue weighted by molar-refractivity contribution is 8.00. The van der Waals surface area contributed by atoms with Gasteiger partial charge in [0, 0.05) is 30.1 Å². The van der Waals surface area contributed by atoms with Gasteiger partial charge in [-0.1, -0.05) is 11.2 Å². The number of thioether (sulfide) groups is 1. The first kappa shape index (κ1) is 26.1. The van der Waals surface area contributed by atoms with Gasteiger partial charge in [0.1, 0.15) is 24.0 Å². The van der Waals surface area contributed by atoms with Crippen molar-refractivity contribution in [1.82, 2.24) is 24.6 Å². The Kier molecular flexibility index (Phi) is 7.34. The summed E-state index contributed by atoms with van der Waals surface area (Å²) in [6.07, 6.45) is 6.07. The van der Waals surface area contributed by atoms with Crippen molar-refractivity contribution in [2.45, 2.75) is 24.3 Å².